The van der Waals surface area contributed by atoms with E-state index in [0.717, 1.165) is 0 Å². The van der Waals surface area contributed by atoms with Crippen LogP contribution in [0.5, 0.6) is 5.75 Å². The summed E-state index contributed by atoms with van der Waals surface area (Å²) in [6.45, 7) is 0.183. The zero-order chi connectivity index (χ0) is 14.5. The lowest BCUT2D eigenvalue weighted by Crippen LogP contribution is -2.17. The number of aliphatic hydroxyl groups is 1. The molecule has 1 unspecified atom stereocenters. The fraction of sp³-hybridized carbons (Fsp3) is 0.385. The number of hydrogen-bond donors (Lipinski definition) is 1. The Morgan fingerprint density at radius 2 is 2.20 bits per heavy atom. The lowest BCUT2D eigenvalue weighted by Gasteiger charge is -2.04. The molecule has 0 amide bonds. The summed E-state index contributed by atoms with van der Waals surface area (Å²) in [7, 11) is 2.87. The van der Waals surface area contributed by atoms with E-state index in [-0.39, 0.29) is 24.7 Å². The number of rotatable bonds is 6. The molecule has 20 heavy (non-hydrogen) atoms. The number of benzene rings is 1. The summed E-state index contributed by atoms with van der Waals surface area (Å²) in [5, 5.41) is 13.4. The minimum atomic E-state index is -0.712. The Morgan fingerprint density at radius 1 is 1.40 bits per heavy atom. The summed E-state index contributed by atoms with van der Waals surface area (Å²) in [6, 6.07) is 4.28. The first-order valence-corrected chi connectivity index (χ1v) is 5.97. The van der Waals surface area contributed by atoms with Gasteiger partial charge in [-0.2, -0.15) is 4.98 Å². The first-order valence-electron chi connectivity index (χ1n) is 5.97. The average molecular weight is 282 g/mol. The van der Waals surface area contributed by atoms with Crippen molar-refractivity contribution in [2.45, 2.75) is 12.5 Å². The highest BCUT2D eigenvalue weighted by molar-refractivity contribution is 5.57. The highest BCUT2D eigenvalue weighted by atomic mass is 19.1. The van der Waals surface area contributed by atoms with Gasteiger partial charge in [-0.05, 0) is 18.2 Å². The van der Waals surface area contributed by atoms with Crippen LogP contribution >= 0.6 is 0 Å². The van der Waals surface area contributed by atoms with E-state index in [4.69, 9.17) is 14.0 Å². The highest BCUT2D eigenvalue weighted by Crippen LogP contribution is 2.24. The quantitative estimate of drug-likeness (QED) is 0.863. The maximum absolute atomic E-state index is 13.3. The molecule has 0 spiro atoms. The summed E-state index contributed by atoms with van der Waals surface area (Å²) >= 11 is 0. The van der Waals surface area contributed by atoms with Crippen molar-refractivity contribution < 1.29 is 23.5 Å². The smallest absolute Gasteiger partial charge is 0.229 e. The topological polar surface area (TPSA) is 77.6 Å². The molecule has 108 valence electrons. The van der Waals surface area contributed by atoms with Crippen LogP contribution in [-0.2, 0) is 11.2 Å². The second kappa shape index (κ2) is 6.44. The Labute approximate surface area is 115 Å². The first kappa shape index (κ1) is 14.4. The first-order chi connectivity index (χ1) is 9.63. The minimum Gasteiger partial charge on any atom is -0.494 e. The van der Waals surface area contributed by atoms with Gasteiger partial charge in [-0.1, -0.05) is 5.16 Å². The SMILES string of the molecule is COCC(O)Cc1nc(-c2ccc(F)c(OC)c2)no1. The Hall–Kier alpha value is -1.99. The molecular weight excluding hydrogens is 267 g/mol. The monoisotopic (exact) mass is 282 g/mol. The lowest BCUT2D eigenvalue weighted by atomic mass is 10.2. The fourth-order valence-electron chi connectivity index (χ4n) is 1.71. The second-order valence-corrected chi connectivity index (χ2v) is 4.17. The molecule has 0 aliphatic heterocycles. The Kier molecular flexibility index (Phi) is 4.65. The van der Waals surface area contributed by atoms with Crippen LogP contribution in [0.2, 0.25) is 0 Å². The lowest BCUT2D eigenvalue weighted by molar-refractivity contribution is 0.0599. The molecule has 0 radical (unpaired) electrons. The largest absolute Gasteiger partial charge is 0.494 e. The van der Waals surface area contributed by atoms with Crippen LogP contribution in [0.15, 0.2) is 22.7 Å². The molecule has 1 aromatic heterocycles. The van der Waals surface area contributed by atoms with Crippen molar-refractivity contribution in [2.75, 3.05) is 20.8 Å². The molecule has 0 bridgehead atoms. The average Bonchev–Trinajstić information content (AvgIpc) is 2.88. The molecular formula is C13H15FN2O4. The zero-order valence-electron chi connectivity index (χ0n) is 11.2. The molecule has 1 atom stereocenters. The normalized spacial score (nSPS) is 12.4. The molecule has 1 heterocycles. The van der Waals surface area contributed by atoms with Crippen molar-refractivity contribution >= 4 is 0 Å². The molecule has 2 rings (SSSR count). The third-order valence-corrected chi connectivity index (χ3v) is 2.65. The van der Waals surface area contributed by atoms with Gasteiger partial charge in [-0.15, -0.1) is 0 Å². The summed E-state index contributed by atoms with van der Waals surface area (Å²) in [4.78, 5) is 4.14. The molecule has 1 aromatic carbocycles. The van der Waals surface area contributed by atoms with Gasteiger partial charge in [-0.3, -0.25) is 0 Å². The van der Waals surface area contributed by atoms with E-state index in [1.807, 2.05) is 0 Å². The van der Waals surface area contributed by atoms with E-state index in [9.17, 15) is 9.50 Å². The number of nitrogens with zero attached hydrogens (tertiary/aromatic N) is 2. The van der Waals surface area contributed by atoms with E-state index in [0.29, 0.717) is 11.4 Å². The molecule has 7 heteroatoms. The van der Waals surface area contributed by atoms with E-state index >= 15 is 0 Å². The third kappa shape index (κ3) is 3.31. The molecule has 0 fully saturated rings. The van der Waals surface area contributed by atoms with Gasteiger partial charge in [0.15, 0.2) is 11.6 Å². The van der Waals surface area contributed by atoms with Crippen molar-refractivity contribution in [3.05, 3.63) is 29.9 Å². The van der Waals surface area contributed by atoms with Crippen molar-refractivity contribution in [1.82, 2.24) is 10.1 Å². The number of hydrogen-bond acceptors (Lipinski definition) is 6. The summed E-state index contributed by atoms with van der Waals surface area (Å²) in [5.41, 5.74) is 0.569. The predicted octanol–water partition coefficient (Wildman–Crippen LogP) is 1.43. The Balaban J connectivity index is 2.16. The van der Waals surface area contributed by atoms with Gasteiger partial charge >= 0.3 is 0 Å². The Morgan fingerprint density at radius 3 is 2.90 bits per heavy atom. The fourth-order valence-corrected chi connectivity index (χ4v) is 1.71. The number of ether oxygens (including phenoxy) is 2. The number of aromatic nitrogens is 2. The minimum absolute atomic E-state index is 0.105. The highest BCUT2D eigenvalue weighted by Gasteiger charge is 2.14. The van der Waals surface area contributed by atoms with E-state index in [2.05, 4.69) is 10.1 Å². The third-order valence-electron chi connectivity index (χ3n) is 2.65. The maximum atomic E-state index is 13.3. The van der Waals surface area contributed by atoms with Crippen LogP contribution in [-0.4, -0.2) is 42.2 Å². The number of halogens is 1. The van der Waals surface area contributed by atoms with Gasteiger partial charge in [0.25, 0.3) is 0 Å². The van der Waals surface area contributed by atoms with Crippen LogP contribution in [0.25, 0.3) is 11.4 Å². The predicted molar refractivity (Wildman–Crippen MR) is 67.8 cm³/mol. The van der Waals surface area contributed by atoms with Crippen LogP contribution < -0.4 is 4.74 Å². The standard InChI is InChI=1S/C13H15FN2O4/c1-18-7-9(17)6-12-15-13(16-20-12)8-3-4-10(14)11(5-8)19-2/h3-5,9,17H,6-7H2,1-2H3. The van der Waals surface area contributed by atoms with Gasteiger partial charge in [0.05, 0.1) is 26.2 Å². The van der Waals surface area contributed by atoms with Crippen LogP contribution in [0.3, 0.4) is 0 Å². The summed E-state index contributed by atoms with van der Waals surface area (Å²) in [6.07, 6.45) is -0.518. The summed E-state index contributed by atoms with van der Waals surface area (Å²) < 4.78 is 28.0. The van der Waals surface area contributed by atoms with E-state index < -0.39 is 11.9 Å². The molecule has 0 aliphatic rings. The van der Waals surface area contributed by atoms with E-state index in [1.165, 1.54) is 32.4 Å². The van der Waals surface area contributed by atoms with Gasteiger partial charge in [0.2, 0.25) is 11.7 Å². The zero-order valence-corrected chi connectivity index (χ0v) is 11.2. The molecule has 2 aromatic rings. The molecule has 6 nitrogen and oxygen atoms in total. The van der Waals surface area contributed by atoms with Gasteiger partial charge in [0, 0.05) is 12.7 Å². The molecule has 0 saturated carbocycles. The van der Waals surface area contributed by atoms with Crippen LogP contribution in [0, 0.1) is 5.82 Å². The van der Waals surface area contributed by atoms with E-state index in [1.54, 1.807) is 0 Å². The maximum Gasteiger partial charge on any atom is 0.229 e. The second-order valence-electron chi connectivity index (χ2n) is 4.17. The van der Waals surface area contributed by atoms with Crippen molar-refractivity contribution in [3.8, 4) is 17.1 Å². The summed E-state index contributed by atoms with van der Waals surface area (Å²) in [5.74, 6) is 0.236. The van der Waals surface area contributed by atoms with Crippen molar-refractivity contribution in [3.63, 3.8) is 0 Å². The van der Waals surface area contributed by atoms with Crippen LogP contribution in [0.1, 0.15) is 5.89 Å². The van der Waals surface area contributed by atoms with Gasteiger partial charge in [-0.25, -0.2) is 4.39 Å². The van der Waals surface area contributed by atoms with Crippen molar-refractivity contribution in [1.29, 1.82) is 0 Å². The van der Waals surface area contributed by atoms with Gasteiger partial charge in [0.1, 0.15) is 0 Å². The molecule has 0 aliphatic carbocycles. The van der Waals surface area contributed by atoms with Crippen LogP contribution in [0.4, 0.5) is 4.39 Å². The molecule has 1 N–H and O–H groups in total. The van der Waals surface area contributed by atoms with Crippen molar-refractivity contribution in [2.24, 2.45) is 0 Å². The molecule has 0 saturated heterocycles. The van der Waals surface area contributed by atoms with Gasteiger partial charge < -0.3 is 19.1 Å². The number of methoxy groups -OCH3 is 2. The number of aliphatic hydroxyl groups excluding tert-OH is 1. The Bertz CT molecular complexity index is 573.